The van der Waals surface area contributed by atoms with E-state index >= 15 is 0 Å². The lowest BCUT2D eigenvalue weighted by atomic mass is 10.2. The molecule has 0 aliphatic carbocycles. The zero-order valence-corrected chi connectivity index (χ0v) is 12.4. The Morgan fingerprint density at radius 1 is 1.42 bits per heavy atom. The minimum Gasteiger partial charge on any atom is -0.468 e. The first-order valence-electron chi connectivity index (χ1n) is 6.83. The Morgan fingerprint density at radius 3 is 2.74 bits per heavy atom. The maximum atomic E-state index is 5.48. The van der Waals surface area contributed by atoms with Crippen LogP contribution in [0.5, 0.6) is 0 Å². The van der Waals surface area contributed by atoms with E-state index in [4.69, 9.17) is 4.42 Å². The Balaban J connectivity index is 2.47. The molecule has 1 heterocycles. The van der Waals surface area contributed by atoms with Crippen LogP contribution >= 0.6 is 0 Å². The van der Waals surface area contributed by atoms with Crippen LogP contribution in [0, 0.1) is 0 Å². The minimum atomic E-state index is 0.194. The van der Waals surface area contributed by atoms with Crippen molar-refractivity contribution in [3.8, 4) is 0 Å². The number of furan rings is 1. The van der Waals surface area contributed by atoms with Crippen LogP contribution in [0.25, 0.3) is 0 Å². The normalized spacial score (nSPS) is 13.6. The van der Waals surface area contributed by atoms with E-state index in [0.717, 1.165) is 31.2 Å². The van der Waals surface area contributed by atoms with Gasteiger partial charge in [0.2, 0.25) is 0 Å². The lowest BCUT2D eigenvalue weighted by Gasteiger charge is -2.23. The van der Waals surface area contributed by atoms with Crippen molar-refractivity contribution in [3.63, 3.8) is 0 Å². The first-order valence-corrected chi connectivity index (χ1v) is 6.83. The van der Waals surface area contributed by atoms with Crippen molar-refractivity contribution in [1.82, 2.24) is 15.5 Å². The monoisotopic (exact) mass is 266 g/mol. The highest BCUT2D eigenvalue weighted by atomic mass is 16.3. The lowest BCUT2D eigenvalue weighted by Crippen LogP contribution is -2.42. The van der Waals surface area contributed by atoms with E-state index in [-0.39, 0.29) is 6.04 Å². The Bertz CT molecular complexity index is 360. The number of unbranched alkanes of at least 4 members (excludes halogenated alkanes) is 1. The molecule has 0 aliphatic heterocycles. The van der Waals surface area contributed by atoms with Gasteiger partial charge in [-0.25, -0.2) is 0 Å². The third-order valence-electron chi connectivity index (χ3n) is 3.00. The standard InChI is InChI=1S/C14H26N4O/c1-5-6-9-16-14(15-2)17-11-12(18(3)4)13-8-7-10-19-13/h7-8,10,12H,5-6,9,11H2,1-4H3,(H2,15,16,17). The van der Waals surface area contributed by atoms with Crippen molar-refractivity contribution >= 4 is 5.96 Å². The van der Waals surface area contributed by atoms with Crippen LogP contribution in [0.1, 0.15) is 31.6 Å². The largest absolute Gasteiger partial charge is 0.468 e. The molecule has 0 bridgehead atoms. The summed E-state index contributed by atoms with van der Waals surface area (Å²) in [6, 6.07) is 4.11. The highest BCUT2D eigenvalue weighted by molar-refractivity contribution is 5.79. The number of hydrogen-bond acceptors (Lipinski definition) is 3. The van der Waals surface area contributed by atoms with Crippen molar-refractivity contribution in [2.24, 2.45) is 4.99 Å². The number of rotatable bonds is 7. The van der Waals surface area contributed by atoms with Gasteiger partial charge >= 0.3 is 0 Å². The van der Waals surface area contributed by atoms with Gasteiger partial charge in [0.05, 0.1) is 12.3 Å². The van der Waals surface area contributed by atoms with Crippen LogP contribution in [-0.4, -0.2) is 45.1 Å². The molecular weight excluding hydrogens is 240 g/mol. The SMILES string of the molecule is CCCCNC(=NC)NCC(c1ccco1)N(C)C. The van der Waals surface area contributed by atoms with E-state index in [9.17, 15) is 0 Å². The third-order valence-corrected chi connectivity index (χ3v) is 3.00. The van der Waals surface area contributed by atoms with Crippen LogP contribution in [0.3, 0.4) is 0 Å². The van der Waals surface area contributed by atoms with E-state index in [1.165, 1.54) is 6.42 Å². The summed E-state index contributed by atoms with van der Waals surface area (Å²) in [4.78, 5) is 6.35. The molecule has 1 aromatic heterocycles. The molecule has 1 atom stereocenters. The van der Waals surface area contributed by atoms with Gasteiger partial charge in [-0.05, 0) is 32.6 Å². The van der Waals surface area contributed by atoms with Gasteiger partial charge in [0.25, 0.3) is 0 Å². The number of nitrogens with zero attached hydrogens (tertiary/aromatic N) is 2. The zero-order valence-electron chi connectivity index (χ0n) is 12.4. The third kappa shape index (κ3) is 5.34. The Labute approximate surface area is 116 Å². The van der Waals surface area contributed by atoms with Crippen molar-refractivity contribution in [1.29, 1.82) is 0 Å². The smallest absolute Gasteiger partial charge is 0.191 e. The summed E-state index contributed by atoms with van der Waals surface area (Å²) < 4.78 is 5.48. The van der Waals surface area contributed by atoms with Gasteiger partial charge in [-0.1, -0.05) is 13.3 Å². The summed E-state index contributed by atoms with van der Waals surface area (Å²) in [5.41, 5.74) is 0. The average Bonchev–Trinajstić information content (AvgIpc) is 2.90. The van der Waals surface area contributed by atoms with Crippen LogP contribution in [0.2, 0.25) is 0 Å². The fraction of sp³-hybridized carbons (Fsp3) is 0.643. The molecule has 0 fully saturated rings. The maximum Gasteiger partial charge on any atom is 0.191 e. The Kier molecular flexibility index (Phi) is 7.03. The molecule has 5 nitrogen and oxygen atoms in total. The van der Waals surface area contributed by atoms with E-state index < -0.39 is 0 Å². The van der Waals surface area contributed by atoms with E-state index in [0.29, 0.717) is 0 Å². The summed E-state index contributed by atoms with van der Waals surface area (Å²) in [5, 5.41) is 6.63. The van der Waals surface area contributed by atoms with Crippen molar-refractivity contribution in [3.05, 3.63) is 24.2 Å². The Morgan fingerprint density at radius 2 is 2.21 bits per heavy atom. The molecule has 0 radical (unpaired) electrons. The molecule has 0 saturated heterocycles. The summed E-state index contributed by atoms with van der Waals surface area (Å²) in [6.07, 6.45) is 4.03. The van der Waals surface area contributed by atoms with Crippen LogP contribution < -0.4 is 10.6 Å². The molecule has 5 heteroatoms. The molecule has 0 aliphatic rings. The molecule has 1 rings (SSSR count). The van der Waals surface area contributed by atoms with Crippen LogP contribution in [0.4, 0.5) is 0 Å². The fourth-order valence-electron chi connectivity index (χ4n) is 1.82. The fourth-order valence-corrected chi connectivity index (χ4v) is 1.82. The van der Waals surface area contributed by atoms with Gasteiger partial charge in [0.15, 0.2) is 5.96 Å². The molecule has 0 saturated carbocycles. The zero-order chi connectivity index (χ0) is 14.1. The summed E-state index contributed by atoms with van der Waals surface area (Å²) in [7, 11) is 5.88. The number of aliphatic imine (C=N–C) groups is 1. The van der Waals surface area contributed by atoms with Crippen molar-refractivity contribution in [2.75, 3.05) is 34.2 Å². The van der Waals surface area contributed by atoms with Gasteiger partial charge in [0.1, 0.15) is 5.76 Å². The number of nitrogens with one attached hydrogen (secondary N) is 2. The Hall–Kier alpha value is -1.49. The average molecular weight is 266 g/mol. The number of guanidine groups is 1. The number of likely N-dealkylation sites (N-methyl/N-ethyl adjacent to an activating group) is 1. The highest BCUT2D eigenvalue weighted by Crippen LogP contribution is 2.17. The maximum absolute atomic E-state index is 5.48. The van der Waals surface area contributed by atoms with Gasteiger partial charge in [-0.15, -0.1) is 0 Å². The molecule has 19 heavy (non-hydrogen) atoms. The summed E-state index contributed by atoms with van der Waals surface area (Å²) >= 11 is 0. The minimum absolute atomic E-state index is 0.194. The second-order valence-electron chi connectivity index (χ2n) is 4.73. The van der Waals surface area contributed by atoms with E-state index in [1.54, 1.807) is 13.3 Å². The van der Waals surface area contributed by atoms with Gasteiger partial charge < -0.3 is 15.1 Å². The lowest BCUT2D eigenvalue weighted by molar-refractivity contribution is 0.258. The first-order chi connectivity index (χ1) is 9.19. The van der Waals surface area contributed by atoms with Crippen LogP contribution in [0.15, 0.2) is 27.8 Å². The van der Waals surface area contributed by atoms with Gasteiger partial charge in [0, 0.05) is 20.1 Å². The molecule has 1 unspecified atom stereocenters. The first kappa shape index (κ1) is 15.6. The molecule has 2 N–H and O–H groups in total. The predicted molar refractivity (Wildman–Crippen MR) is 79.4 cm³/mol. The highest BCUT2D eigenvalue weighted by Gasteiger charge is 2.16. The molecule has 0 aromatic carbocycles. The number of hydrogen-bond donors (Lipinski definition) is 2. The molecule has 108 valence electrons. The van der Waals surface area contributed by atoms with Gasteiger partial charge in [-0.2, -0.15) is 0 Å². The van der Waals surface area contributed by atoms with Crippen molar-refractivity contribution < 1.29 is 4.42 Å². The second kappa shape index (κ2) is 8.58. The summed E-state index contributed by atoms with van der Waals surface area (Å²) in [6.45, 7) is 3.88. The van der Waals surface area contributed by atoms with Crippen molar-refractivity contribution in [2.45, 2.75) is 25.8 Å². The predicted octanol–water partition coefficient (Wildman–Crippen LogP) is 1.85. The summed E-state index contributed by atoms with van der Waals surface area (Å²) in [5.74, 6) is 1.80. The van der Waals surface area contributed by atoms with Gasteiger partial charge in [-0.3, -0.25) is 9.89 Å². The molecule has 0 spiro atoms. The topological polar surface area (TPSA) is 52.8 Å². The second-order valence-corrected chi connectivity index (χ2v) is 4.73. The van der Waals surface area contributed by atoms with E-state index in [1.807, 2.05) is 26.2 Å². The molecular formula is C14H26N4O. The molecule has 0 amide bonds. The van der Waals surface area contributed by atoms with E-state index in [2.05, 4.69) is 27.4 Å². The molecule has 1 aromatic rings. The van der Waals surface area contributed by atoms with Crippen LogP contribution in [-0.2, 0) is 0 Å². The quantitative estimate of drug-likeness (QED) is 0.449.